The third-order valence-electron chi connectivity index (χ3n) is 6.34. The summed E-state index contributed by atoms with van der Waals surface area (Å²) in [5.41, 5.74) is 1.28. The summed E-state index contributed by atoms with van der Waals surface area (Å²) in [5.74, 6) is 0.809. The molecule has 2 aliphatic rings. The fraction of sp³-hybridized carbons (Fsp3) is 0.417. The highest BCUT2D eigenvalue weighted by Crippen LogP contribution is 2.56. The molecule has 1 spiro atoms. The summed E-state index contributed by atoms with van der Waals surface area (Å²) in [5, 5.41) is 9.54. The second kappa shape index (κ2) is 7.48. The van der Waals surface area contributed by atoms with Gasteiger partial charge in [0, 0.05) is 24.4 Å². The van der Waals surface area contributed by atoms with Gasteiger partial charge in [-0.2, -0.15) is 0 Å². The van der Waals surface area contributed by atoms with Gasteiger partial charge in [-0.1, -0.05) is 13.3 Å². The number of fused-ring (bicyclic) bond motifs is 2. The third kappa shape index (κ3) is 3.02. The lowest BCUT2D eigenvalue weighted by Crippen LogP contribution is -2.62. The van der Waals surface area contributed by atoms with E-state index in [1.807, 2.05) is 18.3 Å². The van der Waals surface area contributed by atoms with E-state index in [2.05, 4.69) is 25.7 Å². The fourth-order valence-electron chi connectivity index (χ4n) is 4.51. The van der Waals surface area contributed by atoms with Crippen LogP contribution in [0.1, 0.15) is 49.5 Å². The second-order valence-electron chi connectivity index (χ2n) is 8.40. The van der Waals surface area contributed by atoms with Crippen LogP contribution in [0.15, 0.2) is 35.3 Å². The Bertz CT molecular complexity index is 1060. The molecule has 2 aliphatic heterocycles. The van der Waals surface area contributed by atoms with Crippen LogP contribution in [0.25, 0.3) is 0 Å². The maximum absolute atomic E-state index is 11.6. The first kappa shape index (κ1) is 21.0. The zero-order valence-electron chi connectivity index (χ0n) is 18.6. The molecule has 0 aromatic heterocycles. The van der Waals surface area contributed by atoms with E-state index in [1.165, 1.54) is 0 Å². The molecule has 0 aliphatic carbocycles. The van der Waals surface area contributed by atoms with Gasteiger partial charge in [0.2, 0.25) is 5.72 Å². The van der Waals surface area contributed by atoms with Gasteiger partial charge >= 0.3 is 5.97 Å². The van der Waals surface area contributed by atoms with Gasteiger partial charge in [-0.15, -0.1) is 0 Å². The van der Waals surface area contributed by atoms with Gasteiger partial charge in [-0.25, -0.2) is 9.79 Å². The molecule has 0 amide bonds. The van der Waals surface area contributed by atoms with Crippen LogP contribution in [-0.4, -0.2) is 43.8 Å². The third-order valence-corrected chi connectivity index (χ3v) is 6.34. The van der Waals surface area contributed by atoms with E-state index in [1.54, 1.807) is 32.4 Å². The van der Waals surface area contributed by atoms with Crippen LogP contribution < -0.4 is 19.1 Å². The Morgan fingerprint density at radius 3 is 2.61 bits per heavy atom. The van der Waals surface area contributed by atoms with Crippen LogP contribution in [0, 0.1) is 0 Å². The number of hydrogen-bond donors (Lipinski definition) is 1. The van der Waals surface area contributed by atoms with E-state index in [9.17, 15) is 9.90 Å². The van der Waals surface area contributed by atoms with Crippen LogP contribution in [0.5, 0.6) is 17.2 Å². The number of rotatable bonds is 6. The van der Waals surface area contributed by atoms with Crippen molar-refractivity contribution >= 4 is 23.6 Å². The quantitative estimate of drug-likeness (QED) is 0.718. The van der Waals surface area contributed by atoms with Gasteiger partial charge in [0.05, 0.1) is 31.4 Å². The van der Waals surface area contributed by atoms with Crippen molar-refractivity contribution < 1.29 is 24.1 Å². The average Bonchev–Trinajstić information content (AvgIpc) is 2.94. The van der Waals surface area contributed by atoms with Crippen molar-refractivity contribution in [2.45, 2.75) is 44.8 Å². The lowest BCUT2D eigenvalue weighted by atomic mass is 9.77. The normalized spacial score (nSPS) is 20.2. The molecule has 1 unspecified atom stereocenters. The largest absolute Gasteiger partial charge is 0.496 e. The Morgan fingerprint density at radius 1 is 1.19 bits per heavy atom. The molecular formula is C24H28N2O5. The standard InChI is InChI=1S/C24H28N2O5/c1-6-7-10-26-18-9-8-15(22(27)28)11-17(18)23(2,3)24(26)14-25-21-19(30-5)12-16(29-4)13-20(21)31-24/h8-9,11-14H,6-7,10H2,1-5H3,(H,27,28). The van der Waals surface area contributed by atoms with Crippen molar-refractivity contribution in [2.24, 2.45) is 4.99 Å². The topological polar surface area (TPSA) is 80.6 Å². The highest BCUT2D eigenvalue weighted by atomic mass is 16.5. The van der Waals surface area contributed by atoms with Crippen molar-refractivity contribution in [1.29, 1.82) is 0 Å². The maximum Gasteiger partial charge on any atom is 0.335 e. The summed E-state index contributed by atoms with van der Waals surface area (Å²) in [6, 6.07) is 8.87. The van der Waals surface area contributed by atoms with E-state index in [4.69, 9.17) is 19.2 Å². The number of hydrogen-bond acceptors (Lipinski definition) is 6. The predicted molar refractivity (Wildman–Crippen MR) is 120 cm³/mol. The highest BCUT2D eigenvalue weighted by molar-refractivity contribution is 5.93. The molecule has 2 aromatic rings. The molecule has 1 atom stereocenters. The number of aliphatic imine (C=N–C) groups is 1. The maximum atomic E-state index is 11.6. The van der Waals surface area contributed by atoms with Gasteiger partial charge in [-0.05, 0) is 44.0 Å². The Labute approximate surface area is 182 Å². The number of methoxy groups -OCH3 is 2. The van der Waals surface area contributed by atoms with Gasteiger partial charge in [-0.3, -0.25) is 0 Å². The molecule has 7 heteroatoms. The molecule has 2 aromatic carbocycles. The summed E-state index contributed by atoms with van der Waals surface area (Å²) in [4.78, 5) is 18.6. The second-order valence-corrected chi connectivity index (χ2v) is 8.40. The summed E-state index contributed by atoms with van der Waals surface area (Å²) in [7, 11) is 3.19. The summed E-state index contributed by atoms with van der Waals surface area (Å²) in [6.07, 6.45) is 3.81. The minimum Gasteiger partial charge on any atom is -0.496 e. The average molecular weight is 424 g/mol. The molecule has 4 rings (SSSR count). The molecule has 1 N–H and O–H groups in total. The first-order valence-corrected chi connectivity index (χ1v) is 10.4. The van der Waals surface area contributed by atoms with Crippen LogP contribution in [0.3, 0.4) is 0 Å². The lowest BCUT2D eigenvalue weighted by molar-refractivity contribution is 0.0694. The molecule has 0 fully saturated rings. The van der Waals surface area contributed by atoms with Gasteiger partial charge < -0.3 is 24.2 Å². The van der Waals surface area contributed by atoms with Crippen LogP contribution in [0.2, 0.25) is 0 Å². The molecule has 0 bridgehead atoms. The number of aromatic carboxylic acids is 1. The van der Waals surface area contributed by atoms with Crippen LogP contribution >= 0.6 is 0 Å². The van der Waals surface area contributed by atoms with E-state index < -0.39 is 17.1 Å². The monoisotopic (exact) mass is 424 g/mol. The minimum atomic E-state index is -0.947. The summed E-state index contributed by atoms with van der Waals surface area (Å²) in [6.45, 7) is 7.03. The van der Waals surface area contributed by atoms with Crippen molar-refractivity contribution in [3.05, 3.63) is 41.5 Å². The summed E-state index contributed by atoms with van der Waals surface area (Å²) < 4.78 is 17.7. The van der Waals surface area contributed by atoms with Crippen LogP contribution in [-0.2, 0) is 5.41 Å². The molecule has 31 heavy (non-hydrogen) atoms. The highest BCUT2D eigenvalue weighted by Gasteiger charge is 2.59. The van der Waals surface area contributed by atoms with E-state index in [-0.39, 0.29) is 5.56 Å². The molecule has 0 saturated carbocycles. The van der Waals surface area contributed by atoms with Gasteiger partial charge in [0.15, 0.2) is 11.5 Å². The first-order valence-electron chi connectivity index (χ1n) is 10.4. The number of carboxylic acid groups (broad SMARTS) is 1. The zero-order chi connectivity index (χ0) is 22.4. The van der Waals surface area contributed by atoms with E-state index in [0.717, 1.165) is 30.6 Å². The number of benzene rings is 2. The number of anilines is 1. The lowest BCUT2D eigenvalue weighted by Gasteiger charge is -2.46. The van der Waals surface area contributed by atoms with Crippen molar-refractivity contribution in [1.82, 2.24) is 0 Å². The predicted octanol–water partition coefficient (Wildman–Crippen LogP) is 4.79. The van der Waals surface area contributed by atoms with E-state index >= 15 is 0 Å². The first-order chi connectivity index (χ1) is 14.8. The van der Waals surface area contributed by atoms with E-state index in [0.29, 0.717) is 22.9 Å². The van der Waals surface area contributed by atoms with Crippen molar-refractivity contribution in [3.8, 4) is 17.2 Å². The fourth-order valence-corrected chi connectivity index (χ4v) is 4.51. The number of ether oxygens (including phenoxy) is 3. The number of carbonyl (C=O) groups is 1. The molecule has 2 heterocycles. The Balaban J connectivity index is 1.90. The Morgan fingerprint density at radius 2 is 1.97 bits per heavy atom. The molecule has 7 nitrogen and oxygen atoms in total. The van der Waals surface area contributed by atoms with Crippen molar-refractivity contribution in [2.75, 3.05) is 25.7 Å². The molecule has 0 saturated heterocycles. The molecule has 0 radical (unpaired) electrons. The van der Waals surface area contributed by atoms with Gasteiger partial charge in [0.1, 0.15) is 11.4 Å². The van der Waals surface area contributed by atoms with Crippen LogP contribution in [0.4, 0.5) is 11.4 Å². The smallest absolute Gasteiger partial charge is 0.335 e. The molecule has 164 valence electrons. The Kier molecular flexibility index (Phi) is 5.07. The molecular weight excluding hydrogens is 396 g/mol. The van der Waals surface area contributed by atoms with Crippen molar-refractivity contribution in [3.63, 3.8) is 0 Å². The Hall–Kier alpha value is -3.22. The SMILES string of the molecule is CCCCN1c2ccc(C(=O)O)cc2C(C)(C)C12C=Nc1c(OC)cc(OC)cc1O2. The van der Waals surface area contributed by atoms with Gasteiger partial charge in [0.25, 0.3) is 0 Å². The number of carboxylic acids is 1. The minimum absolute atomic E-state index is 0.260. The number of unbranched alkanes of at least 4 members (excludes halogenated alkanes) is 1. The number of nitrogens with zero attached hydrogens (tertiary/aromatic N) is 2. The summed E-state index contributed by atoms with van der Waals surface area (Å²) >= 11 is 0. The zero-order valence-corrected chi connectivity index (χ0v) is 18.6.